The fourth-order valence-electron chi connectivity index (χ4n) is 2.40. The molecule has 2 aromatic rings. The van der Waals surface area contributed by atoms with Gasteiger partial charge < -0.3 is 15.2 Å². The number of ether oxygens (including phenoxy) is 1. The smallest absolute Gasteiger partial charge is 0.226 e. The molecule has 0 saturated heterocycles. The van der Waals surface area contributed by atoms with Crippen molar-refractivity contribution in [2.75, 3.05) is 6.61 Å². The molecule has 0 aliphatic heterocycles. The van der Waals surface area contributed by atoms with Gasteiger partial charge >= 0.3 is 0 Å². The second-order valence-corrected chi connectivity index (χ2v) is 6.10. The van der Waals surface area contributed by atoms with E-state index in [-0.39, 0.29) is 17.9 Å². The molecule has 0 bridgehead atoms. The van der Waals surface area contributed by atoms with E-state index in [0.717, 1.165) is 11.3 Å². The highest BCUT2D eigenvalue weighted by molar-refractivity contribution is 5.78. The lowest BCUT2D eigenvalue weighted by molar-refractivity contribution is -0.126. The van der Waals surface area contributed by atoms with Crippen molar-refractivity contribution >= 4 is 5.91 Å². The van der Waals surface area contributed by atoms with E-state index >= 15 is 0 Å². The Balaban J connectivity index is 1.76. The first kappa shape index (κ1) is 18.0. The summed E-state index contributed by atoms with van der Waals surface area (Å²) in [4.78, 5) is 12.2. The van der Waals surface area contributed by atoms with Crippen molar-refractivity contribution in [3.05, 3.63) is 66.2 Å². The number of aliphatic hydroxyl groups excluding tert-OH is 1. The molecule has 3 unspecified atom stereocenters. The summed E-state index contributed by atoms with van der Waals surface area (Å²) in [6.07, 6.45) is -0.112. The molecule has 2 aromatic carbocycles. The van der Waals surface area contributed by atoms with E-state index in [1.54, 1.807) is 0 Å². The van der Waals surface area contributed by atoms with Gasteiger partial charge in [-0.05, 0) is 31.0 Å². The Hall–Kier alpha value is -2.33. The highest BCUT2D eigenvalue weighted by Gasteiger charge is 2.18. The lowest BCUT2D eigenvalue weighted by Gasteiger charge is -2.20. The van der Waals surface area contributed by atoms with Gasteiger partial charge in [0.2, 0.25) is 5.91 Å². The van der Waals surface area contributed by atoms with Crippen LogP contribution in [-0.2, 0) is 4.79 Å². The van der Waals surface area contributed by atoms with Crippen molar-refractivity contribution in [1.29, 1.82) is 0 Å². The van der Waals surface area contributed by atoms with Crippen LogP contribution in [0.25, 0.3) is 0 Å². The first-order valence-corrected chi connectivity index (χ1v) is 8.27. The zero-order chi connectivity index (χ0) is 17.4. The first-order valence-electron chi connectivity index (χ1n) is 8.27. The van der Waals surface area contributed by atoms with Crippen molar-refractivity contribution < 1.29 is 14.6 Å². The summed E-state index contributed by atoms with van der Waals surface area (Å²) < 4.78 is 5.61. The van der Waals surface area contributed by atoms with Crippen LogP contribution in [-0.4, -0.2) is 23.7 Å². The lowest BCUT2D eigenvalue weighted by Crippen LogP contribution is -2.39. The second kappa shape index (κ2) is 9.08. The third kappa shape index (κ3) is 5.70. The Kier molecular flexibility index (Phi) is 6.82. The van der Waals surface area contributed by atoms with Gasteiger partial charge in [0.25, 0.3) is 0 Å². The molecule has 0 aliphatic rings. The zero-order valence-corrected chi connectivity index (χ0v) is 14.2. The maximum absolute atomic E-state index is 12.2. The van der Waals surface area contributed by atoms with Gasteiger partial charge in [-0.15, -0.1) is 0 Å². The predicted octanol–water partition coefficient (Wildman–Crippen LogP) is 3.33. The maximum Gasteiger partial charge on any atom is 0.226 e. The molecule has 3 atom stereocenters. The molecule has 2 N–H and O–H groups in total. The van der Waals surface area contributed by atoms with E-state index in [9.17, 15) is 9.90 Å². The zero-order valence-electron chi connectivity index (χ0n) is 14.2. The van der Waals surface area contributed by atoms with E-state index in [4.69, 9.17) is 4.74 Å². The van der Waals surface area contributed by atoms with Crippen molar-refractivity contribution in [3.63, 3.8) is 0 Å². The molecule has 4 nitrogen and oxygen atoms in total. The Bertz CT molecular complexity index is 615. The second-order valence-electron chi connectivity index (χ2n) is 6.10. The summed E-state index contributed by atoms with van der Waals surface area (Å²) in [5.41, 5.74) is 0.860. The number of hydrogen-bond acceptors (Lipinski definition) is 3. The van der Waals surface area contributed by atoms with Gasteiger partial charge in [0.1, 0.15) is 5.75 Å². The molecule has 2 rings (SSSR count). The first-order chi connectivity index (χ1) is 11.6. The molecule has 0 heterocycles. The van der Waals surface area contributed by atoms with Gasteiger partial charge in [0.05, 0.1) is 18.6 Å². The number of amides is 1. The molecular weight excluding hydrogens is 302 g/mol. The number of para-hydroxylation sites is 1. The fourth-order valence-corrected chi connectivity index (χ4v) is 2.40. The summed E-state index contributed by atoms with van der Waals surface area (Å²) in [5.74, 6) is 0.421. The van der Waals surface area contributed by atoms with E-state index in [2.05, 4.69) is 5.32 Å². The van der Waals surface area contributed by atoms with Crippen LogP contribution in [0.3, 0.4) is 0 Å². The minimum atomic E-state index is -0.586. The topological polar surface area (TPSA) is 58.6 Å². The van der Waals surface area contributed by atoms with Crippen LogP contribution in [0, 0.1) is 5.92 Å². The monoisotopic (exact) mass is 327 g/mol. The number of rotatable bonds is 8. The van der Waals surface area contributed by atoms with E-state index < -0.39 is 6.10 Å². The lowest BCUT2D eigenvalue weighted by atomic mass is 10.0. The minimum Gasteiger partial charge on any atom is -0.493 e. The van der Waals surface area contributed by atoms with Crippen molar-refractivity contribution in [1.82, 2.24) is 5.32 Å². The van der Waals surface area contributed by atoms with Crippen molar-refractivity contribution in [2.45, 2.75) is 32.4 Å². The summed E-state index contributed by atoms with van der Waals surface area (Å²) in [6.45, 7) is 4.05. The normalized spacial score (nSPS) is 14.5. The maximum atomic E-state index is 12.2. The number of carbonyl (C=O) groups excluding carboxylic acids is 1. The van der Waals surface area contributed by atoms with Gasteiger partial charge in [0, 0.05) is 6.04 Å². The molecule has 4 heteroatoms. The number of benzene rings is 2. The molecule has 0 aromatic heterocycles. The van der Waals surface area contributed by atoms with Crippen LogP contribution in [0.5, 0.6) is 5.75 Å². The number of aliphatic hydroxyl groups is 1. The highest BCUT2D eigenvalue weighted by Crippen LogP contribution is 2.18. The van der Waals surface area contributed by atoms with Crippen LogP contribution < -0.4 is 10.1 Å². The van der Waals surface area contributed by atoms with Crippen LogP contribution in [0.2, 0.25) is 0 Å². The Morgan fingerprint density at radius 3 is 2.25 bits per heavy atom. The summed E-state index contributed by atoms with van der Waals surface area (Å²) in [5, 5.41) is 13.2. The molecule has 0 radical (unpaired) electrons. The molecule has 1 amide bonds. The van der Waals surface area contributed by atoms with E-state index in [1.807, 2.05) is 74.5 Å². The number of nitrogens with one attached hydrogen (secondary N) is 1. The molecule has 24 heavy (non-hydrogen) atoms. The SMILES string of the molecule is CC(CC(O)c1ccccc1)NC(=O)C(C)COc1ccccc1. The van der Waals surface area contributed by atoms with Gasteiger partial charge in [-0.1, -0.05) is 55.5 Å². The summed E-state index contributed by atoms with van der Waals surface area (Å²) in [7, 11) is 0. The van der Waals surface area contributed by atoms with Gasteiger partial charge in [-0.25, -0.2) is 0 Å². The summed E-state index contributed by atoms with van der Waals surface area (Å²) in [6, 6.07) is 18.8. The fraction of sp³-hybridized carbons (Fsp3) is 0.350. The van der Waals surface area contributed by atoms with Crippen LogP contribution in [0.15, 0.2) is 60.7 Å². The molecule has 0 aliphatic carbocycles. The number of carbonyl (C=O) groups is 1. The molecular formula is C20H25NO3. The van der Waals surface area contributed by atoms with E-state index in [1.165, 1.54) is 0 Å². The average molecular weight is 327 g/mol. The molecule has 128 valence electrons. The third-order valence-corrected chi connectivity index (χ3v) is 3.84. The predicted molar refractivity (Wildman–Crippen MR) is 94.7 cm³/mol. The van der Waals surface area contributed by atoms with Crippen LogP contribution in [0.4, 0.5) is 0 Å². The van der Waals surface area contributed by atoms with Gasteiger partial charge in [0.15, 0.2) is 0 Å². The highest BCUT2D eigenvalue weighted by atomic mass is 16.5. The molecule has 0 spiro atoms. The number of hydrogen-bond donors (Lipinski definition) is 2. The Morgan fingerprint density at radius 1 is 1.04 bits per heavy atom. The van der Waals surface area contributed by atoms with Crippen molar-refractivity contribution in [3.8, 4) is 5.75 Å². The van der Waals surface area contributed by atoms with Crippen LogP contribution in [0.1, 0.15) is 31.9 Å². The Morgan fingerprint density at radius 2 is 1.62 bits per heavy atom. The Labute approximate surface area is 143 Å². The van der Waals surface area contributed by atoms with Crippen LogP contribution >= 0.6 is 0 Å². The standard InChI is InChI=1S/C20H25NO3/c1-15(14-24-18-11-7-4-8-12-18)20(23)21-16(2)13-19(22)17-9-5-3-6-10-17/h3-12,15-16,19,22H,13-14H2,1-2H3,(H,21,23). The van der Waals surface area contributed by atoms with Crippen molar-refractivity contribution in [2.24, 2.45) is 5.92 Å². The molecule has 0 saturated carbocycles. The van der Waals surface area contributed by atoms with Gasteiger partial charge in [-0.2, -0.15) is 0 Å². The largest absolute Gasteiger partial charge is 0.493 e. The quantitative estimate of drug-likeness (QED) is 0.782. The van der Waals surface area contributed by atoms with Gasteiger partial charge in [-0.3, -0.25) is 4.79 Å². The third-order valence-electron chi connectivity index (χ3n) is 3.84. The van der Waals surface area contributed by atoms with E-state index in [0.29, 0.717) is 13.0 Å². The minimum absolute atomic E-state index is 0.0707. The summed E-state index contributed by atoms with van der Waals surface area (Å²) >= 11 is 0. The molecule has 0 fully saturated rings. The average Bonchev–Trinajstić information content (AvgIpc) is 2.61.